The van der Waals surface area contributed by atoms with E-state index >= 15 is 0 Å². The number of rotatable bonds is 6. The second-order valence-electron chi connectivity index (χ2n) is 5.24. The van der Waals surface area contributed by atoms with Gasteiger partial charge < -0.3 is 4.18 Å². The Morgan fingerprint density at radius 3 is 2.12 bits per heavy atom. The van der Waals surface area contributed by atoms with Gasteiger partial charge >= 0.3 is 22.2 Å². The average molecular weight is 415 g/mol. The van der Waals surface area contributed by atoms with E-state index in [1.54, 1.807) is 12.1 Å². The maximum atomic E-state index is 13.8. The quantitative estimate of drug-likeness (QED) is 0.505. The summed E-state index contributed by atoms with van der Waals surface area (Å²) < 4.78 is 97.5. The van der Waals surface area contributed by atoms with Crippen molar-refractivity contribution in [3.63, 3.8) is 0 Å². The number of halogens is 5. The lowest BCUT2D eigenvalue weighted by Crippen LogP contribution is -2.33. The molecule has 11 heteroatoms. The number of alkyl halides is 5. The van der Waals surface area contributed by atoms with Crippen LogP contribution in [0.4, 0.5) is 22.0 Å². The lowest BCUT2D eigenvalue weighted by Gasteiger charge is -2.19. The third-order valence-corrected chi connectivity index (χ3v) is 5.52. The van der Waals surface area contributed by atoms with Gasteiger partial charge in [-0.05, 0) is 30.4 Å². The zero-order valence-corrected chi connectivity index (χ0v) is 15.2. The van der Waals surface area contributed by atoms with Crippen LogP contribution in [0.25, 0.3) is 11.3 Å². The van der Waals surface area contributed by atoms with Crippen molar-refractivity contribution in [1.29, 1.82) is 0 Å². The van der Waals surface area contributed by atoms with Crippen LogP contribution in [0.3, 0.4) is 0 Å². The number of benzene rings is 1. The molecule has 1 heterocycles. The summed E-state index contributed by atoms with van der Waals surface area (Å²) >= 11 is -0.143. The highest BCUT2D eigenvalue weighted by atomic mass is 32.2. The summed E-state index contributed by atoms with van der Waals surface area (Å²) in [7, 11) is -4.35. The molecule has 0 spiro atoms. The fraction of sp³-hybridized carbons (Fsp3) is 0.400. The maximum absolute atomic E-state index is 13.8. The van der Waals surface area contributed by atoms with Crippen LogP contribution in [0, 0.1) is 0 Å². The van der Waals surface area contributed by atoms with Crippen molar-refractivity contribution in [3.05, 3.63) is 34.7 Å². The second-order valence-corrected chi connectivity index (χ2v) is 7.87. The summed E-state index contributed by atoms with van der Waals surface area (Å²) in [6, 6.07) is 6.17. The van der Waals surface area contributed by atoms with E-state index in [9.17, 15) is 30.4 Å². The van der Waals surface area contributed by atoms with Crippen molar-refractivity contribution >= 4 is 21.7 Å². The van der Waals surface area contributed by atoms with Gasteiger partial charge in [0.15, 0.2) is 5.75 Å². The maximum Gasteiger partial charge on any atom is 0.459 e. The number of hydrogen-bond acceptors (Lipinski definition) is 5. The van der Waals surface area contributed by atoms with Crippen LogP contribution in [0.2, 0.25) is 0 Å². The Balaban J connectivity index is 2.66. The van der Waals surface area contributed by atoms with Crippen LogP contribution in [0.1, 0.15) is 24.3 Å². The van der Waals surface area contributed by atoms with E-state index in [-0.39, 0.29) is 22.8 Å². The van der Waals surface area contributed by atoms with E-state index in [0.717, 1.165) is 5.56 Å². The van der Waals surface area contributed by atoms with Crippen LogP contribution in [0.15, 0.2) is 24.3 Å². The summed E-state index contributed by atoms with van der Waals surface area (Å²) in [6.45, 7) is 3.05. The van der Waals surface area contributed by atoms with Crippen molar-refractivity contribution in [2.45, 2.75) is 32.4 Å². The molecular formula is C15H14F5NO3S2. The number of aromatic nitrogens is 1. The third-order valence-electron chi connectivity index (χ3n) is 3.49. The zero-order valence-electron chi connectivity index (χ0n) is 13.6. The fourth-order valence-corrected chi connectivity index (χ4v) is 3.37. The minimum atomic E-state index is -5.92. The molecule has 0 unspecified atom stereocenters. The monoisotopic (exact) mass is 415 g/mol. The molecule has 2 rings (SSSR count). The fourth-order valence-electron chi connectivity index (χ4n) is 1.96. The van der Waals surface area contributed by atoms with Crippen molar-refractivity contribution < 1.29 is 34.6 Å². The van der Waals surface area contributed by atoms with Crippen LogP contribution < -0.4 is 4.18 Å². The molecule has 0 fully saturated rings. The summed E-state index contributed by atoms with van der Waals surface area (Å²) in [5, 5.41) is 0. The van der Waals surface area contributed by atoms with E-state index in [4.69, 9.17) is 0 Å². The number of nitrogens with zero attached hydrogens (tertiary/aromatic N) is 1. The Morgan fingerprint density at radius 1 is 1.08 bits per heavy atom. The van der Waals surface area contributed by atoms with E-state index in [2.05, 4.69) is 8.56 Å². The highest BCUT2D eigenvalue weighted by molar-refractivity contribution is 7.87. The molecule has 1 aromatic heterocycles. The van der Waals surface area contributed by atoms with Crippen LogP contribution in [0.5, 0.6) is 5.75 Å². The van der Waals surface area contributed by atoms with Gasteiger partial charge in [-0.15, -0.1) is 0 Å². The molecule has 2 aromatic rings. The lowest BCUT2D eigenvalue weighted by atomic mass is 10.1. The van der Waals surface area contributed by atoms with Gasteiger partial charge in [0.2, 0.25) is 0 Å². The molecule has 0 aliphatic carbocycles. The summed E-state index contributed by atoms with van der Waals surface area (Å²) in [5.41, 5.74) is 0.686. The molecule has 0 N–H and O–H groups in total. The van der Waals surface area contributed by atoms with Gasteiger partial charge in [-0.3, -0.25) is 0 Å². The summed E-state index contributed by atoms with van der Waals surface area (Å²) in [4.78, 5) is -1.60. The normalized spacial score (nSPS) is 13.0. The van der Waals surface area contributed by atoms with Gasteiger partial charge in [-0.2, -0.15) is 34.7 Å². The van der Waals surface area contributed by atoms with E-state index in [0.29, 0.717) is 6.42 Å². The minimum Gasteiger partial charge on any atom is -0.379 e. The van der Waals surface area contributed by atoms with Crippen LogP contribution in [-0.2, 0) is 22.5 Å². The molecule has 0 atom stereocenters. The highest BCUT2D eigenvalue weighted by Gasteiger charge is 2.62. The van der Waals surface area contributed by atoms with Gasteiger partial charge in [0.1, 0.15) is 10.6 Å². The first-order chi connectivity index (χ1) is 11.9. The average Bonchev–Trinajstić information content (AvgIpc) is 2.97. The van der Waals surface area contributed by atoms with E-state index in [1.165, 1.54) is 19.1 Å². The van der Waals surface area contributed by atoms with Crippen molar-refractivity contribution in [2.24, 2.45) is 0 Å². The molecule has 0 radical (unpaired) electrons. The predicted molar refractivity (Wildman–Crippen MR) is 87.0 cm³/mol. The standard InChI is InChI=1S/C15H14F5NO3S2/c1-3-9-5-7-10(8-6-9)11-12(24-26(22,23)4-2)13(25-21-11)14(16,17)15(18,19)20/h5-8H,3-4H2,1-2H3. The highest BCUT2D eigenvalue weighted by Crippen LogP contribution is 2.51. The Kier molecular flexibility index (Phi) is 5.62. The first-order valence-electron chi connectivity index (χ1n) is 7.39. The van der Waals surface area contributed by atoms with Gasteiger partial charge in [0, 0.05) is 5.56 Å². The van der Waals surface area contributed by atoms with Crippen LogP contribution in [-0.4, -0.2) is 24.7 Å². The van der Waals surface area contributed by atoms with Gasteiger partial charge in [-0.1, -0.05) is 31.2 Å². The Hall–Kier alpha value is -1.75. The number of hydrogen-bond donors (Lipinski definition) is 0. The Labute approximate surface area is 150 Å². The van der Waals surface area contributed by atoms with Crippen LogP contribution >= 0.6 is 11.5 Å². The SMILES string of the molecule is CCc1ccc(-c2nsc(C(F)(F)C(F)(F)F)c2OS(=O)(=O)CC)cc1. The number of aryl methyl sites for hydroxylation is 1. The zero-order chi connectivity index (χ0) is 19.8. The Bertz CT molecular complexity index is 874. The predicted octanol–water partition coefficient (Wildman–Crippen LogP) is 4.76. The molecule has 0 saturated heterocycles. The van der Waals surface area contributed by atoms with Crippen molar-refractivity contribution in [3.8, 4) is 17.0 Å². The molecule has 0 saturated carbocycles. The molecular weight excluding hydrogens is 401 g/mol. The first-order valence-corrected chi connectivity index (χ1v) is 9.74. The summed E-state index contributed by atoms with van der Waals surface area (Å²) in [6.07, 6.45) is -5.24. The third kappa shape index (κ3) is 3.98. The molecule has 26 heavy (non-hydrogen) atoms. The van der Waals surface area contributed by atoms with Crippen molar-refractivity contribution in [1.82, 2.24) is 4.37 Å². The molecule has 144 valence electrons. The molecule has 0 amide bonds. The van der Waals surface area contributed by atoms with E-state index < -0.39 is 38.6 Å². The Morgan fingerprint density at radius 2 is 1.65 bits per heavy atom. The second kappa shape index (κ2) is 7.10. The summed E-state index contributed by atoms with van der Waals surface area (Å²) in [5.74, 6) is -7.00. The molecule has 0 aliphatic rings. The molecule has 4 nitrogen and oxygen atoms in total. The van der Waals surface area contributed by atoms with Gasteiger partial charge in [0.05, 0.1) is 5.75 Å². The minimum absolute atomic E-state index is 0.143. The lowest BCUT2D eigenvalue weighted by molar-refractivity contribution is -0.288. The topological polar surface area (TPSA) is 56.3 Å². The first kappa shape index (κ1) is 20.6. The molecule has 0 bridgehead atoms. The van der Waals surface area contributed by atoms with Gasteiger partial charge in [-0.25, -0.2) is 0 Å². The van der Waals surface area contributed by atoms with E-state index in [1.807, 2.05) is 6.92 Å². The largest absolute Gasteiger partial charge is 0.459 e. The molecule has 0 aliphatic heterocycles. The molecule has 1 aromatic carbocycles. The smallest absolute Gasteiger partial charge is 0.379 e. The van der Waals surface area contributed by atoms with Gasteiger partial charge in [0.25, 0.3) is 0 Å². The van der Waals surface area contributed by atoms with Crippen molar-refractivity contribution in [2.75, 3.05) is 5.75 Å².